The van der Waals surface area contributed by atoms with Crippen molar-refractivity contribution in [2.24, 2.45) is 0 Å². The Bertz CT molecular complexity index is 1610. The van der Waals surface area contributed by atoms with Crippen LogP contribution in [-0.4, -0.2) is 78.6 Å². The number of anilines is 2. The van der Waals surface area contributed by atoms with E-state index in [1.165, 1.54) is 0 Å². The van der Waals surface area contributed by atoms with E-state index >= 15 is 4.39 Å². The standard InChI is InChI=1S/C26H26F5N7O2S/c1-37-8-2-3-13(37)12-39-25-35-20-15(23(36-25)38-9-6-33-7-10-38)11-17(40-26(29,30)31)18(19(20)28)14-4-5-16(27)22-21(14)34-24(32)41-22/h4-5,11,13,33H,2-3,6-10,12H2,1H3,(H2,32,34)/t13-/m0/s1. The highest BCUT2D eigenvalue weighted by Crippen LogP contribution is 2.45. The topological polar surface area (TPSA) is 102 Å². The predicted molar refractivity (Wildman–Crippen MR) is 145 cm³/mol. The summed E-state index contributed by atoms with van der Waals surface area (Å²) >= 11 is 0.802. The summed E-state index contributed by atoms with van der Waals surface area (Å²) in [6, 6.07) is 3.27. The van der Waals surface area contributed by atoms with E-state index in [0.717, 1.165) is 48.9 Å². The van der Waals surface area contributed by atoms with Gasteiger partial charge in [0.05, 0.1) is 15.8 Å². The summed E-state index contributed by atoms with van der Waals surface area (Å²) in [6.07, 6.45) is -3.22. The highest BCUT2D eigenvalue weighted by Gasteiger charge is 2.35. The van der Waals surface area contributed by atoms with Crippen molar-refractivity contribution in [1.82, 2.24) is 25.2 Å². The Labute approximate surface area is 235 Å². The van der Waals surface area contributed by atoms with Gasteiger partial charge in [-0.3, -0.25) is 0 Å². The Balaban J connectivity index is 1.57. The minimum absolute atomic E-state index is 0.0219. The molecule has 0 bridgehead atoms. The van der Waals surface area contributed by atoms with Crippen LogP contribution in [-0.2, 0) is 0 Å². The molecule has 0 saturated carbocycles. The zero-order valence-corrected chi connectivity index (χ0v) is 22.7. The molecule has 2 fully saturated rings. The summed E-state index contributed by atoms with van der Waals surface area (Å²) in [6.45, 7) is 3.34. The molecule has 9 nitrogen and oxygen atoms in total. The number of hydrogen-bond donors (Lipinski definition) is 2. The maximum Gasteiger partial charge on any atom is 0.573 e. The van der Waals surface area contributed by atoms with Gasteiger partial charge in [0.2, 0.25) is 0 Å². The minimum Gasteiger partial charge on any atom is -0.462 e. The van der Waals surface area contributed by atoms with Crippen molar-refractivity contribution in [3.8, 4) is 22.9 Å². The molecule has 2 aromatic carbocycles. The minimum atomic E-state index is -5.15. The number of nitrogens with two attached hydrogens (primary N) is 1. The van der Waals surface area contributed by atoms with Crippen LogP contribution in [0.3, 0.4) is 0 Å². The lowest BCUT2D eigenvalue weighted by atomic mass is 10.00. The van der Waals surface area contributed by atoms with Gasteiger partial charge < -0.3 is 30.3 Å². The lowest BCUT2D eigenvalue weighted by Crippen LogP contribution is -2.44. The highest BCUT2D eigenvalue weighted by molar-refractivity contribution is 7.22. The van der Waals surface area contributed by atoms with E-state index in [9.17, 15) is 17.6 Å². The van der Waals surface area contributed by atoms with Crippen LogP contribution in [0.4, 0.5) is 32.9 Å². The van der Waals surface area contributed by atoms with E-state index in [1.807, 2.05) is 11.9 Å². The first-order valence-corrected chi connectivity index (χ1v) is 13.8. The third kappa shape index (κ3) is 5.40. The summed E-state index contributed by atoms with van der Waals surface area (Å²) < 4.78 is 82.3. The number of hydrogen-bond acceptors (Lipinski definition) is 10. The van der Waals surface area contributed by atoms with E-state index in [1.54, 1.807) is 0 Å². The maximum absolute atomic E-state index is 16.6. The molecule has 4 heterocycles. The van der Waals surface area contributed by atoms with Gasteiger partial charge in [0.1, 0.15) is 29.5 Å². The zero-order chi connectivity index (χ0) is 28.9. The lowest BCUT2D eigenvalue weighted by Gasteiger charge is -2.30. The van der Waals surface area contributed by atoms with E-state index in [0.29, 0.717) is 26.2 Å². The summed E-state index contributed by atoms with van der Waals surface area (Å²) in [5.74, 6) is -2.40. The Hall–Kier alpha value is -3.56. The summed E-state index contributed by atoms with van der Waals surface area (Å²) in [5.41, 5.74) is 4.74. The maximum atomic E-state index is 16.6. The second-order valence-electron chi connectivity index (χ2n) is 9.99. The smallest absolute Gasteiger partial charge is 0.462 e. The molecule has 0 unspecified atom stereocenters. The Morgan fingerprint density at radius 3 is 2.59 bits per heavy atom. The molecule has 0 amide bonds. The van der Waals surface area contributed by atoms with Gasteiger partial charge in [-0.2, -0.15) is 9.97 Å². The van der Waals surface area contributed by atoms with E-state index in [2.05, 4.69) is 29.9 Å². The second-order valence-corrected chi connectivity index (χ2v) is 11.0. The van der Waals surface area contributed by atoms with E-state index < -0.39 is 29.3 Å². The normalized spacial score (nSPS) is 18.5. The van der Waals surface area contributed by atoms with Gasteiger partial charge in [-0.05, 0) is 44.6 Å². The predicted octanol–water partition coefficient (Wildman–Crippen LogP) is 4.55. The third-order valence-electron chi connectivity index (χ3n) is 7.35. The number of halogens is 5. The first-order valence-electron chi connectivity index (χ1n) is 13.0. The van der Waals surface area contributed by atoms with E-state index in [4.69, 9.17) is 10.5 Å². The van der Waals surface area contributed by atoms with Crippen LogP contribution in [0.15, 0.2) is 18.2 Å². The molecule has 3 N–H and O–H groups in total. The largest absolute Gasteiger partial charge is 0.573 e. The first kappa shape index (κ1) is 27.6. The van der Waals surface area contributed by atoms with Crippen LogP contribution in [0.25, 0.3) is 32.2 Å². The number of fused-ring (bicyclic) bond motifs is 2. The van der Waals surface area contributed by atoms with Crippen molar-refractivity contribution in [3.05, 3.63) is 29.8 Å². The number of likely N-dealkylation sites (tertiary alicyclic amines) is 1. The number of likely N-dealkylation sites (N-methyl/N-ethyl adjacent to an activating group) is 1. The van der Waals surface area contributed by atoms with Crippen LogP contribution in [0.1, 0.15) is 12.8 Å². The van der Waals surface area contributed by atoms with Gasteiger partial charge in [-0.25, -0.2) is 13.8 Å². The average molecular weight is 596 g/mol. The van der Waals surface area contributed by atoms with Gasteiger partial charge in [0, 0.05) is 43.2 Å². The zero-order valence-electron chi connectivity index (χ0n) is 21.9. The number of rotatable bonds is 6. The van der Waals surface area contributed by atoms with Gasteiger partial charge >= 0.3 is 12.4 Å². The highest BCUT2D eigenvalue weighted by atomic mass is 32.1. The molecule has 41 heavy (non-hydrogen) atoms. The number of nitrogen functional groups attached to an aromatic ring is 1. The summed E-state index contributed by atoms with van der Waals surface area (Å²) in [5, 5.41) is 3.20. The number of nitrogens with zero attached hydrogens (tertiary/aromatic N) is 5. The number of benzene rings is 2. The van der Waals surface area contributed by atoms with Gasteiger partial charge in [-0.15, -0.1) is 13.2 Å². The second kappa shape index (κ2) is 10.7. The van der Waals surface area contributed by atoms with Crippen LogP contribution in [0, 0.1) is 11.6 Å². The fourth-order valence-electron chi connectivity index (χ4n) is 5.36. The lowest BCUT2D eigenvalue weighted by molar-refractivity contribution is -0.274. The molecule has 6 rings (SSSR count). The SMILES string of the molecule is CN1CCC[C@H]1COc1nc(N2CCNCC2)c2cc(OC(F)(F)F)c(-c3ccc(F)c4sc(N)nc34)c(F)c2n1. The molecule has 4 aromatic rings. The molecule has 2 aromatic heterocycles. The van der Waals surface area contributed by atoms with E-state index in [-0.39, 0.29) is 56.3 Å². The fourth-order valence-corrected chi connectivity index (χ4v) is 6.12. The molecule has 2 saturated heterocycles. The van der Waals surface area contributed by atoms with Gasteiger partial charge in [-0.1, -0.05) is 11.3 Å². The van der Waals surface area contributed by atoms with Crippen LogP contribution in [0.5, 0.6) is 11.8 Å². The average Bonchev–Trinajstić information content (AvgIpc) is 3.53. The summed E-state index contributed by atoms with van der Waals surface area (Å²) in [7, 11) is 1.98. The fraction of sp³-hybridized carbons (Fsp3) is 0.423. The van der Waals surface area contributed by atoms with Crippen molar-refractivity contribution in [2.75, 3.05) is 57.0 Å². The first-order chi connectivity index (χ1) is 19.6. The van der Waals surface area contributed by atoms with Crippen molar-refractivity contribution in [1.29, 1.82) is 0 Å². The number of piperazine rings is 1. The Kier molecular flexibility index (Phi) is 7.20. The number of nitrogens with one attached hydrogen (secondary N) is 1. The monoisotopic (exact) mass is 595 g/mol. The quantitative estimate of drug-likeness (QED) is 0.311. The molecule has 0 aliphatic carbocycles. The van der Waals surface area contributed by atoms with Crippen molar-refractivity contribution in [3.63, 3.8) is 0 Å². The molecular formula is C26H26F5N7O2S. The number of ether oxygens (including phenoxy) is 2. The molecule has 1 atom stereocenters. The number of aromatic nitrogens is 3. The number of thiazole rings is 1. The Morgan fingerprint density at radius 1 is 1.10 bits per heavy atom. The Morgan fingerprint density at radius 2 is 1.88 bits per heavy atom. The summed E-state index contributed by atoms with van der Waals surface area (Å²) in [4.78, 5) is 16.9. The van der Waals surface area contributed by atoms with Crippen molar-refractivity contribution >= 4 is 43.4 Å². The van der Waals surface area contributed by atoms with Gasteiger partial charge in [0.25, 0.3) is 0 Å². The molecule has 2 aliphatic rings. The van der Waals surface area contributed by atoms with Gasteiger partial charge in [0.15, 0.2) is 10.9 Å². The third-order valence-corrected chi connectivity index (χ3v) is 8.25. The molecule has 0 radical (unpaired) electrons. The van der Waals surface area contributed by atoms with Crippen molar-refractivity contribution in [2.45, 2.75) is 25.2 Å². The van der Waals surface area contributed by atoms with Crippen LogP contribution in [0.2, 0.25) is 0 Å². The molecule has 218 valence electrons. The molecule has 15 heteroatoms. The van der Waals surface area contributed by atoms with Crippen molar-refractivity contribution < 1.29 is 31.4 Å². The van der Waals surface area contributed by atoms with Crippen LogP contribution < -0.4 is 25.4 Å². The molecule has 2 aliphatic heterocycles. The number of alkyl halides is 3. The molecule has 0 spiro atoms. The van der Waals surface area contributed by atoms with Crippen LogP contribution >= 0.6 is 11.3 Å². The molecular weight excluding hydrogens is 569 g/mol.